The van der Waals surface area contributed by atoms with Crippen molar-refractivity contribution in [2.75, 3.05) is 0 Å². The highest BCUT2D eigenvalue weighted by Crippen LogP contribution is 2.21. The Balaban J connectivity index is 2.24. The molecule has 0 aliphatic carbocycles. The number of carbonyl (C=O) groups is 1. The average molecular weight is 311 g/mol. The van der Waals surface area contributed by atoms with Gasteiger partial charge in [0.1, 0.15) is 28.7 Å². The van der Waals surface area contributed by atoms with Crippen LogP contribution in [0, 0.1) is 17.0 Å². The van der Waals surface area contributed by atoms with E-state index in [9.17, 15) is 14.9 Å². The summed E-state index contributed by atoms with van der Waals surface area (Å²) >= 11 is 5.68. The lowest BCUT2D eigenvalue weighted by atomic mass is 10.2. The standard InChI is InChI=1S/C12H11ClN4O4/c1-6-4-15-12(21-6)7(2)16-11(18)8-3-10(13)14-5-9(8)17(19)20/h3-5,7H,1-2H3,(H,16,18). The second-order valence-corrected chi connectivity index (χ2v) is 4.67. The molecule has 0 radical (unpaired) electrons. The molecule has 2 aromatic rings. The lowest BCUT2D eigenvalue weighted by molar-refractivity contribution is -0.385. The number of carbonyl (C=O) groups excluding carboxylic acids is 1. The highest BCUT2D eigenvalue weighted by atomic mass is 35.5. The first-order valence-electron chi connectivity index (χ1n) is 5.91. The highest BCUT2D eigenvalue weighted by Gasteiger charge is 2.24. The average Bonchev–Trinajstić information content (AvgIpc) is 2.85. The smallest absolute Gasteiger partial charge is 0.300 e. The summed E-state index contributed by atoms with van der Waals surface area (Å²) in [6.45, 7) is 3.37. The first-order valence-corrected chi connectivity index (χ1v) is 6.29. The molecular weight excluding hydrogens is 300 g/mol. The van der Waals surface area contributed by atoms with Crippen molar-refractivity contribution in [3.05, 3.63) is 50.9 Å². The molecule has 110 valence electrons. The SMILES string of the molecule is Cc1cnc(C(C)NC(=O)c2cc(Cl)ncc2[N+](=O)[O-])o1. The maximum atomic E-state index is 12.1. The number of nitrogens with one attached hydrogen (secondary N) is 1. The number of pyridine rings is 1. The summed E-state index contributed by atoms with van der Waals surface area (Å²) in [5.74, 6) is 0.252. The van der Waals surface area contributed by atoms with Gasteiger partial charge in [-0.3, -0.25) is 14.9 Å². The maximum Gasteiger partial charge on any atom is 0.300 e. The van der Waals surface area contributed by atoms with Gasteiger partial charge in [0, 0.05) is 0 Å². The molecule has 0 saturated heterocycles. The van der Waals surface area contributed by atoms with Crippen molar-refractivity contribution in [1.82, 2.24) is 15.3 Å². The Labute approximate surface area is 124 Å². The predicted molar refractivity (Wildman–Crippen MR) is 73.0 cm³/mol. The Morgan fingerprint density at radius 3 is 2.76 bits per heavy atom. The van der Waals surface area contributed by atoms with Crippen LogP contribution < -0.4 is 5.32 Å². The largest absolute Gasteiger partial charge is 0.444 e. The van der Waals surface area contributed by atoms with Crippen LogP contribution in [0.1, 0.15) is 35.0 Å². The van der Waals surface area contributed by atoms with Gasteiger partial charge in [0.15, 0.2) is 0 Å². The molecule has 1 atom stereocenters. The van der Waals surface area contributed by atoms with Gasteiger partial charge in [-0.15, -0.1) is 0 Å². The number of oxazole rings is 1. The van der Waals surface area contributed by atoms with Crippen molar-refractivity contribution in [3.8, 4) is 0 Å². The van der Waals surface area contributed by atoms with Crippen molar-refractivity contribution >= 4 is 23.2 Å². The second-order valence-electron chi connectivity index (χ2n) is 4.29. The molecule has 2 rings (SSSR count). The molecule has 8 nitrogen and oxygen atoms in total. The van der Waals surface area contributed by atoms with E-state index in [1.54, 1.807) is 13.8 Å². The Hall–Kier alpha value is -2.48. The van der Waals surface area contributed by atoms with Gasteiger partial charge in [0.05, 0.1) is 11.1 Å². The normalized spacial score (nSPS) is 12.0. The van der Waals surface area contributed by atoms with Gasteiger partial charge >= 0.3 is 0 Å². The zero-order valence-electron chi connectivity index (χ0n) is 11.2. The molecule has 0 saturated carbocycles. The summed E-state index contributed by atoms with van der Waals surface area (Å²) in [7, 11) is 0. The predicted octanol–water partition coefficient (Wildman–Crippen LogP) is 2.43. The molecule has 0 spiro atoms. The van der Waals surface area contributed by atoms with Gasteiger partial charge in [0.2, 0.25) is 5.89 Å². The molecule has 2 heterocycles. The van der Waals surface area contributed by atoms with Gasteiger partial charge in [-0.2, -0.15) is 0 Å². The van der Waals surface area contributed by atoms with E-state index in [0.717, 1.165) is 12.3 Å². The first-order chi connectivity index (χ1) is 9.88. The van der Waals surface area contributed by atoms with E-state index < -0.39 is 22.6 Å². The third-order valence-electron chi connectivity index (χ3n) is 2.65. The van der Waals surface area contributed by atoms with E-state index in [4.69, 9.17) is 16.0 Å². The summed E-state index contributed by atoms with van der Waals surface area (Å²) < 4.78 is 5.29. The van der Waals surface area contributed by atoms with Crippen LogP contribution in [0.25, 0.3) is 0 Å². The van der Waals surface area contributed by atoms with Crippen LogP contribution in [0.15, 0.2) is 22.9 Å². The van der Waals surface area contributed by atoms with Crippen LogP contribution in [-0.4, -0.2) is 20.8 Å². The number of aryl methyl sites for hydroxylation is 1. The number of halogens is 1. The minimum atomic E-state index is -0.696. The van der Waals surface area contributed by atoms with E-state index >= 15 is 0 Å². The summed E-state index contributed by atoms with van der Waals surface area (Å²) in [5.41, 5.74) is -0.595. The molecule has 0 bridgehead atoms. The Bertz CT molecular complexity index is 700. The Kier molecular flexibility index (Phi) is 4.18. The quantitative estimate of drug-likeness (QED) is 0.527. The number of amides is 1. The van der Waals surface area contributed by atoms with E-state index in [1.165, 1.54) is 6.20 Å². The lowest BCUT2D eigenvalue weighted by Crippen LogP contribution is -2.27. The first kappa shape index (κ1) is 14.9. The topological polar surface area (TPSA) is 111 Å². The molecule has 1 N–H and O–H groups in total. The molecular formula is C12H11ClN4O4. The molecule has 1 amide bonds. The maximum absolute atomic E-state index is 12.1. The number of hydrogen-bond donors (Lipinski definition) is 1. The molecule has 0 aliphatic heterocycles. The van der Waals surface area contributed by atoms with Gasteiger partial charge < -0.3 is 9.73 Å². The summed E-state index contributed by atoms with van der Waals surface area (Å²) in [6, 6.07) is 0.598. The molecule has 0 aromatic carbocycles. The molecule has 0 aliphatic rings. The third kappa shape index (κ3) is 3.34. The van der Waals surface area contributed by atoms with Gasteiger partial charge in [-0.1, -0.05) is 11.6 Å². The van der Waals surface area contributed by atoms with Crippen molar-refractivity contribution in [3.63, 3.8) is 0 Å². The van der Waals surface area contributed by atoms with E-state index in [2.05, 4.69) is 15.3 Å². The van der Waals surface area contributed by atoms with Crippen molar-refractivity contribution in [2.45, 2.75) is 19.9 Å². The third-order valence-corrected chi connectivity index (χ3v) is 2.85. The fourth-order valence-corrected chi connectivity index (χ4v) is 1.82. The van der Waals surface area contributed by atoms with E-state index in [0.29, 0.717) is 11.7 Å². The number of nitro groups is 1. The van der Waals surface area contributed by atoms with Crippen LogP contribution in [0.4, 0.5) is 5.69 Å². The molecule has 1 unspecified atom stereocenters. The van der Waals surface area contributed by atoms with Crippen molar-refractivity contribution < 1.29 is 14.1 Å². The summed E-state index contributed by atoms with van der Waals surface area (Å²) in [5, 5.41) is 13.5. The van der Waals surface area contributed by atoms with Crippen molar-refractivity contribution in [1.29, 1.82) is 0 Å². The lowest BCUT2D eigenvalue weighted by Gasteiger charge is -2.10. The van der Waals surface area contributed by atoms with Gasteiger partial charge in [-0.05, 0) is 19.9 Å². The van der Waals surface area contributed by atoms with E-state index in [1.807, 2.05) is 0 Å². The number of nitrogens with zero attached hydrogens (tertiary/aromatic N) is 3. The zero-order valence-corrected chi connectivity index (χ0v) is 11.9. The Morgan fingerprint density at radius 1 is 1.48 bits per heavy atom. The van der Waals surface area contributed by atoms with Crippen LogP contribution in [0.5, 0.6) is 0 Å². The van der Waals surface area contributed by atoms with Gasteiger partial charge in [-0.25, -0.2) is 9.97 Å². The number of rotatable bonds is 4. The molecule has 21 heavy (non-hydrogen) atoms. The van der Waals surface area contributed by atoms with Crippen LogP contribution in [0.3, 0.4) is 0 Å². The van der Waals surface area contributed by atoms with Crippen LogP contribution >= 0.6 is 11.6 Å². The monoisotopic (exact) mass is 310 g/mol. The van der Waals surface area contributed by atoms with Gasteiger partial charge in [0.25, 0.3) is 11.6 Å². The summed E-state index contributed by atoms with van der Waals surface area (Å²) in [4.78, 5) is 29.9. The van der Waals surface area contributed by atoms with Crippen LogP contribution in [0.2, 0.25) is 5.15 Å². The van der Waals surface area contributed by atoms with E-state index in [-0.39, 0.29) is 10.7 Å². The zero-order chi connectivity index (χ0) is 15.6. The fraction of sp³-hybridized carbons (Fsp3) is 0.250. The number of aromatic nitrogens is 2. The second kappa shape index (κ2) is 5.88. The minimum Gasteiger partial charge on any atom is -0.444 e. The summed E-state index contributed by atoms with van der Waals surface area (Å²) in [6.07, 6.45) is 2.46. The molecule has 0 fully saturated rings. The highest BCUT2D eigenvalue weighted by molar-refractivity contribution is 6.29. The number of hydrogen-bond acceptors (Lipinski definition) is 6. The molecule has 2 aromatic heterocycles. The fourth-order valence-electron chi connectivity index (χ4n) is 1.66. The Morgan fingerprint density at radius 2 is 2.19 bits per heavy atom. The van der Waals surface area contributed by atoms with Crippen molar-refractivity contribution in [2.24, 2.45) is 0 Å². The molecule has 9 heteroatoms. The van der Waals surface area contributed by atoms with Crippen LogP contribution in [-0.2, 0) is 0 Å². The minimum absolute atomic E-state index is 0.00892.